The molecule has 0 bridgehead atoms. The number of aryl methyl sites for hydroxylation is 1. The van der Waals surface area contributed by atoms with Gasteiger partial charge in [-0.1, -0.05) is 29.8 Å². The summed E-state index contributed by atoms with van der Waals surface area (Å²) in [6.45, 7) is 6.73. The molecule has 164 valence electrons. The van der Waals surface area contributed by atoms with Crippen LogP contribution in [-0.4, -0.2) is 54.8 Å². The molecule has 0 radical (unpaired) electrons. The van der Waals surface area contributed by atoms with Crippen molar-refractivity contribution >= 4 is 33.2 Å². The van der Waals surface area contributed by atoms with Crippen molar-refractivity contribution in [3.8, 4) is 0 Å². The molecule has 31 heavy (non-hydrogen) atoms. The maximum atomic E-state index is 12.7. The molecule has 2 heterocycles. The van der Waals surface area contributed by atoms with Crippen molar-refractivity contribution in [2.24, 2.45) is 0 Å². The normalized spacial score (nSPS) is 16.2. The molecule has 1 aliphatic rings. The second-order valence-corrected chi connectivity index (χ2v) is 9.34. The van der Waals surface area contributed by atoms with Gasteiger partial charge in [0.2, 0.25) is 0 Å². The van der Waals surface area contributed by atoms with Crippen molar-refractivity contribution in [1.29, 1.82) is 0 Å². The van der Waals surface area contributed by atoms with Crippen LogP contribution in [0, 0.1) is 6.92 Å². The molecule has 2 aromatic carbocycles. The summed E-state index contributed by atoms with van der Waals surface area (Å²) in [6, 6.07) is 16.5. The first-order valence-corrected chi connectivity index (χ1v) is 12.0. The minimum absolute atomic E-state index is 0.608. The van der Waals surface area contributed by atoms with E-state index in [0.29, 0.717) is 25.4 Å². The van der Waals surface area contributed by atoms with Gasteiger partial charge in [0.25, 0.3) is 0 Å². The van der Waals surface area contributed by atoms with Crippen LogP contribution in [-0.2, 0) is 22.1 Å². The summed E-state index contributed by atoms with van der Waals surface area (Å²) in [5, 5.41) is 8.08. The lowest BCUT2D eigenvalue weighted by Gasteiger charge is -2.23. The minimum Gasteiger partial charge on any atom is -0.383 e. The zero-order chi connectivity index (χ0) is 21.6. The van der Waals surface area contributed by atoms with E-state index in [9.17, 15) is 4.21 Å². The number of anilines is 2. The van der Waals surface area contributed by atoms with Crippen molar-refractivity contribution in [1.82, 2.24) is 10.3 Å². The SMILES string of the molecule is COCCNCCNc1cc(N2CCS(=O)c3ccccc3C2)nc2ccc(C)cc12. The fourth-order valence-corrected chi connectivity index (χ4v) is 5.12. The predicted octanol–water partition coefficient (Wildman–Crippen LogP) is 3.32. The maximum Gasteiger partial charge on any atom is 0.131 e. The molecular formula is C24H30N4O2S. The highest BCUT2D eigenvalue weighted by Gasteiger charge is 2.21. The second-order valence-electron chi connectivity index (χ2n) is 7.80. The molecule has 0 fully saturated rings. The molecule has 1 aliphatic heterocycles. The fraction of sp³-hybridized carbons (Fsp3) is 0.375. The zero-order valence-corrected chi connectivity index (χ0v) is 19.0. The van der Waals surface area contributed by atoms with E-state index in [2.05, 4.69) is 52.8 Å². The number of benzene rings is 2. The Labute approximate surface area is 186 Å². The largest absolute Gasteiger partial charge is 0.383 e. The molecule has 7 heteroatoms. The van der Waals surface area contributed by atoms with E-state index in [0.717, 1.165) is 52.5 Å². The van der Waals surface area contributed by atoms with Crippen molar-refractivity contribution in [2.45, 2.75) is 18.4 Å². The Hall–Kier alpha value is -2.48. The van der Waals surface area contributed by atoms with E-state index in [1.165, 1.54) is 5.56 Å². The Morgan fingerprint density at radius 1 is 1.13 bits per heavy atom. The van der Waals surface area contributed by atoms with E-state index in [1.54, 1.807) is 7.11 Å². The second kappa shape index (κ2) is 10.2. The van der Waals surface area contributed by atoms with Crippen LogP contribution in [0.5, 0.6) is 0 Å². The van der Waals surface area contributed by atoms with Gasteiger partial charge in [0.15, 0.2) is 0 Å². The number of aromatic nitrogens is 1. The third-order valence-electron chi connectivity index (χ3n) is 5.50. The number of nitrogens with zero attached hydrogens (tertiary/aromatic N) is 2. The van der Waals surface area contributed by atoms with Gasteiger partial charge in [-0.05, 0) is 30.7 Å². The number of fused-ring (bicyclic) bond motifs is 2. The first-order valence-electron chi connectivity index (χ1n) is 10.7. The average molecular weight is 439 g/mol. The Morgan fingerprint density at radius 2 is 2.00 bits per heavy atom. The molecule has 0 spiro atoms. The number of ether oxygens (including phenoxy) is 1. The predicted molar refractivity (Wildman–Crippen MR) is 128 cm³/mol. The van der Waals surface area contributed by atoms with Gasteiger partial charge < -0.3 is 20.3 Å². The van der Waals surface area contributed by atoms with Gasteiger partial charge in [-0.25, -0.2) is 4.98 Å². The molecule has 1 aromatic heterocycles. The number of hydrogen-bond acceptors (Lipinski definition) is 6. The number of methoxy groups -OCH3 is 1. The summed E-state index contributed by atoms with van der Waals surface area (Å²) in [4.78, 5) is 8.15. The highest BCUT2D eigenvalue weighted by molar-refractivity contribution is 7.85. The summed E-state index contributed by atoms with van der Waals surface area (Å²) in [6.07, 6.45) is 0. The van der Waals surface area contributed by atoms with Gasteiger partial charge in [0, 0.05) is 67.6 Å². The Morgan fingerprint density at radius 3 is 2.87 bits per heavy atom. The van der Waals surface area contributed by atoms with Crippen LogP contribution in [0.2, 0.25) is 0 Å². The summed E-state index contributed by atoms with van der Waals surface area (Å²) < 4.78 is 17.8. The number of nitrogens with one attached hydrogen (secondary N) is 2. The topological polar surface area (TPSA) is 66.5 Å². The van der Waals surface area contributed by atoms with Crippen molar-refractivity contribution in [3.05, 3.63) is 59.7 Å². The fourth-order valence-electron chi connectivity index (χ4n) is 3.86. The van der Waals surface area contributed by atoms with E-state index >= 15 is 0 Å². The first kappa shape index (κ1) is 21.7. The smallest absolute Gasteiger partial charge is 0.131 e. The van der Waals surface area contributed by atoms with Crippen molar-refractivity contribution < 1.29 is 8.95 Å². The van der Waals surface area contributed by atoms with Gasteiger partial charge in [0.05, 0.1) is 22.9 Å². The molecule has 1 atom stereocenters. The Bertz CT molecular complexity index is 1070. The first-order chi connectivity index (χ1) is 15.2. The van der Waals surface area contributed by atoms with Gasteiger partial charge in [-0.15, -0.1) is 0 Å². The Kier molecular flexibility index (Phi) is 7.17. The highest BCUT2D eigenvalue weighted by Crippen LogP contribution is 2.30. The van der Waals surface area contributed by atoms with Crippen LogP contribution in [0.15, 0.2) is 53.4 Å². The van der Waals surface area contributed by atoms with Crippen LogP contribution in [0.3, 0.4) is 0 Å². The third-order valence-corrected chi connectivity index (χ3v) is 6.94. The molecule has 0 saturated carbocycles. The van der Waals surface area contributed by atoms with Gasteiger partial charge >= 0.3 is 0 Å². The molecule has 0 amide bonds. The lowest BCUT2D eigenvalue weighted by molar-refractivity contribution is 0.200. The van der Waals surface area contributed by atoms with E-state index in [1.807, 2.05) is 18.2 Å². The molecular weight excluding hydrogens is 408 g/mol. The molecule has 4 rings (SSSR count). The van der Waals surface area contributed by atoms with Crippen molar-refractivity contribution in [2.75, 3.05) is 55.9 Å². The minimum atomic E-state index is -0.975. The number of rotatable bonds is 8. The molecule has 2 N–H and O–H groups in total. The van der Waals surface area contributed by atoms with Gasteiger partial charge in [0.1, 0.15) is 5.82 Å². The summed E-state index contributed by atoms with van der Waals surface area (Å²) >= 11 is 0. The molecule has 0 aliphatic carbocycles. The number of pyridine rings is 1. The standard InChI is InChI=1S/C24H30N4O2S/c1-18-7-8-21-20(15-18)22(26-10-9-25-11-13-30-2)16-24(27-21)28-12-14-31(29)23-6-4-3-5-19(23)17-28/h3-8,15-16,25H,9-14,17H2,1-2H3,(H,26,27). The third kappa shape index (κ3) is 5.23. The van der Waals surface area contributed by atoms with Crippen LogP contribution in [0.25, 0.3) is 10.9 Å². The van der Waals surface area contributed by atoms with Crippen LogP contribution in [0.1, 0.15) is 11.1 Å². The van der Waals surface area contributed by atoms with E-state index < -0.39 is 10.8 Å². The maximum absolute atomic E-state index is 12.7. The highest BCUT2D eigenvalue weighted by atomic mass is 32.2. The zero-order valence-electron chi connectivity index (χ0n) is 18.2. The molecule has 3 aromatic rings. The molecule has 6 nitrogen and oxygen atoms in total. The Balaban J connectivity index is 1.61. The summed E-state index contributed by atoms with van der Waals surface area (Å²) in [5.74, 6) is 1.52. The van der Waals surface area contributed by atoms with E-state index in [4.69, 9.17) is 9.72 Å². The van der Waals surface area contributed by atoms with Gasteiger partial charge in [-0.3, -0.25) is 4.21 Å². The van der Waals surface area contributed by atoms with Crippen LogP contribution in [0.4, 0.5) is 11.5 Å². The summed E-state index contributed by atoms with van der Waals surface area (Å²) in [5.41, 5.74) is 4.37. The average Bonchev–Trinajstić information content (AvgIpc) is 2.95. The lowest BCUT2D eigenvalue weighted by Crippen LogP contribution is -2.27. The summed E-state index contributed by atoms with van der Waals surface area (Å²) in [7, 11) is 0.737. The number of hydrogen-bond donors (Lipinski definition) is 2. The molecule has 0 saturated heterocycles. The monoisotopic (exact) mass is 438 g/mol. The quantitative estimate of drug-likeness (QED) is 0.526. The van der Waals surface area contributed by atoms with Crippen LogP contribution >= 0.6 is 0 Å². The van der Waals surface area contributed by atoms with Gasteiger partial charge in [-0.2, -0.15) is 0 Å². The molecule has 1 unspecified atom stereocenters. The van der Waals surface area contributed by atoms with Crippen LogP contribution < -0.4 is 15.5 Å². The van der Waals surface area contributed by atoms with Crippen molar-refractivity contribution in [3.63, 3.8) is 0 Å². The van der Waals surface area contributed by atoms with E-state index in [-0.39, 0.29) is 0 Å². The lowest BCUT2D eigenvalue weighted by atomic mass is 10.1.